The number of unbranched alkanes of at least 4 members (excludes halogenated alkanes) is 13. The fourth-order valence-corrected chi connectivity index (χ4v) is 4.94. The van der Waals surface area contributed by atoms with Gasteiger partial charge < -0.3 is 4.74 Å². The number of ether oxygens (including phenoxy) is 1. The van der Waals surface area contributed by atoms with Gasteiger partial charge in [-0.3, -0.25) is 0 Å². The summed E-state index contributed by atoms with van der Waals surface area (Å²) in [6, 6.07) is 6.86. The van der Waals surface area contributed by atoms with Gasteiger partial charge in [0.25, 0.3) is 0 Å². The van der Waals surface area contributed by atoms with Crippen molar-refractivity contribution in [3.63, 3.8) is 0 Å². The van der Waals surface area contributed by atoms with Crippen LogP contribution in [0.5, 0.6) is 5.75 Å². The van der Waals surface area contributed by atoms with Crippen molar-refractivity contribution in [1.82, 2.24) is 0 Å². The number of sulfone groups is 1. The lowest BCUT2D eigenvalue weighted by atomic mass is 10.0. The Bertz CT molecular complexity index is 593. The Kier molecular flexibility index (Phi) is 15.0. The van der Waals surface area contributed by atoms with Crippen molar-refractivity contribution < 1.29 is 13.2 Å². The van der Waals surface area contributed by atoms with Crippen LogP contribution in [0, 0.1) is 0 Å². The van der Waals surface area contributed by atoms with E-state index in [-0.39, 0.29) is 5.75 Å². The quantitative estimate of drug-likeness (QED) is 0.213. The van der Waals surface area contributed by atoms with Gasteiger partial charge in [-0.1, -0.05) is 97.3 Å². The molecule has 0 N–H and O–H groups in total. The van der Waals surface area contributed by atoms with Crippen molar-refractivity contribution in [2.45, 2.75) is 115 Å². The number of rotatable bonds is 19. The highest BCUT2D eigenvalue weighted by Gasteiger charge is 2.12. The summed E-state index contributed by atoms with van der Waals surface area (Å²) >= 11 is 0. The molecule has 0 spiro atoms. The summed E-state index contributed by atoms with van der Waals surface area (Å²) in [6.45, 7) is 4.86. The Labute approximate surface area is 180 Å². The average Bonchev–Trinajstić information content (AvgIpc) is 2.71. The van der Waals surface area contributed by atoms with Crippen LogP contribution in [0.1, 0.15) is 110 Å². The summed E-state index contributed by atoms with van der Waals surface area (Å²) in [4.78, 5) is 0.392. The molecule has 0 aliphatic rings. The van der Waals surface area contributed by atoms with E-state index in [1.54, 1.807) is 24.3 Å². The summed E-state index contributed by atoms with van der Waals surface area (Å²) < 4.78 is 29.8. The number of hydrogen-bond donors (Lipinski definition) is 0. The van der Waals surface area contributed by atoms with Gasteiger partial charge in [0, 0.05) is 0 Å². The van der Waals surface area contributed by atoms with E-state index in [2.05, 4.69) is 6.92 Å². The molecule has 0 unspecified atom stereocenters. The molecule has 0 aliphatic carbocycles. The highest BCUT2D eigenvalue weighted by molar-refractivity contribution is 7.91. The third-order valence-corrected chi connectivity index (χ3v) is 7.36. The molecule has 0 radical (unpaired) electrons. The van der Waals surface area contributed by atoms with E-state index in [0.29, 0.717) is 17.9 Å². The van der Waals surface area contributed by atoms with Crippen molar-refractivity contribution in [3.8, 4) is 5.75 Å². The summed E-state index contributed by atoms with van der Waals surface area (Å²) in [6.07, 6.45) is 19.5. The molecule has 168 valence electrons. The highest BCUT2D eigenvalue weighted by atomic mass is 32.2. The molecule has 0 saturated heterocycles. The van der Waals surface area contributed by atoms with Crippen molar-refractivity contribution in [2.24, 2.45) is 0 Å². The Morgan fingerprint density at radius 1 is 0.621 bits per heavy atom. The van der Waals surface area contributed by atoms with Gasteiger partial charge in [-0.05, 0) is 37.1 Å². The van der Waals surface area contributed by atoms with E-state index >= 15 is 0 Å². The minimum Gasteiger partial charge on any atom is -0.494 e. The molecule has 4 heteroatoms. The van der Waals surface area contributed by atoms with E-state index < -0.39 is 9.84 Å². The molecule has 3 nitrogen and oxygen atoms in total. The van der Waals surface area contributed by atoms with Crippen molar-refractivity contribution in [1.29, 1.82) is 0 Å². The normalized spacial score (nSPS) is 11.7. The minimum atomic E-state index is -3.13. The molecule has 0 heterocycles. The molecule has 0 aromatic heterocycles. The van der Waals surface area contributed by atoms with Crippen LogP contribution in [0.15, 0.2) is 29.2 Å². The highest BCUT2D eigenvalue weighted by Crippen LogP contribution is 2.18. The second kappa shape index (κ2) is 16.7. The molecular weight excluding hydrogens is 380 g/mol. The third kappa shape index (κ3) is 13.0. The fraction of sp³-hybridized carbons (Fsp3) is 0.760. The van der Waals surface area contributed by atoms with Crippen molar-refractivity contribution >= 4 is 9.84 Å². The zero-order valence-electron chi connectivity index (χ0n) is 19.0. The zero-order valence-corrected chi connectivity index (χ0v) is 19.8. The maximum Gasteiger partial charge on any atom is 0.178 e. The smallest absolute Gasteiger partial charge is 0.178 e. The SMILES string of the molecule is CCCCCCCCCCCCCCCCOc1ccc(S(=O)(=O)CCC)cc1. The monoisotopic (exact) mass is 424 g/mol. The Morgan fingerprint density at radius 3 is 1.52 bits per heavy atom. The maximum atomic E-state index is 12.0. The van der Waals surface area contributed by atoms with Gasteiger partial charge >= 0.3 is 0 Å². The molecule has 1 rings (SSSR count). The van der Waals surface area contributed by atoms with Crippen LogP contribution < -0.4 is 4.74 Å². The van der Waals surface area contributed by atoms with E-state index in [4.69, 9.17) is 4.74 Å². The first-order valence-electron chi connectivity index (χ1n) is 12.1. The zero-order chi connectivity index (χ0) is 21.2. The summed E-state index contributed by atoms with van der Waals surface area (Å²) in [7, 11) is -3.13. The van der Waals surface area contributed by atoms with Gasteiger partial charge in [-0.2, -0.15) is 0 Å². The number of benzene rings is 1. The first-order chi connectivity index (χ1) is 14.1. The first kappa shape index (κ1) is 26.0. The molecule has 0 bridgehead atoms. The van der Waals surface area contributed by atoms with Gasteiger partial charge in [-0.25, -0.2) is 8.42 Å². The predicted octanol–water partition coefficient (Wildman–Crippen LogP) is 7.73. The van der Waals surface area contributed by atoms with Crippen LogP contribution in [-0.2, 0) is 9.84 Å². The lowest BCUT2D eigenvalue weighted by molar-refractivity contribution is 0.304. The summed E-state index contributed by atoms with van der Waals surface area (Å²) in [5, 5.41) is 0. The second-order valence-corrected chi connectivity index (χ2v) is 10.3. The van der Waals surface area contributed by atoms with Gasteiger partial charge in [-0.15, -0.1) is 0 Å². The number of hydrogen-bond acceptors (Lipinski definition) is 3. The Morgan fingerprint density at radius 2 is 1.07 bits per heavy atom. The summed E-state index contributed by atoms with van der Waals surface area (Å²) in [5.41, 5.74) is 0. The minimum absolute atomic E-state index is 0.201. The van der Waals surface area contributed by atoms with E-state index in [9.17, 15) is 8.42 Å². The second-order valence-electron chi connectivity index (χ2n) is 8.23. The van der Waals surface area contributed by atoms with E-state index in [1.807, 2.05) is 6.92 Å². The molecule has 1 aromatic rings. The topological polar surface area (TPSA) is 43.4 Å². The lowest BCUT2D eigenvalue weighted by Gasteiger charge is -2.08. The Hall–Kier alpha value is -1.03. The van der Waals surface area contributed by atoms with Crippen LogP contribution in [0.2, 0.25) is 0 Å². The van der Waals surface area contributed by atoms with Crippen LogP contribution in [0.4, 0.5) is 0 Å². The summed E-state index contributed by atoms with van der Waals surface area (Å²) in [5.74, 6) is 0.960. The van der Waals surface area contributed by atoms with Crippen LogP contribution >= 0.6 is 0 Å². The largest absolute Gasteiger partial charge is 0.494 e. The van der Waals surface area contributed by atoms with Crippen LogP contribution in [-0.4, -0.2) is 20.8 Å². The van der Waals surface area contributed by atoms with E-state index in [1.165, 1.54) is 83.5 Å². The lowest BCUT2D eigenvalue weighted by Crippen LogP contribution is -2.05. The molecule has 1 aromatic carbocycles. The van der Waals surface area contributed by atoms with Gasteiger partial charge in [0.1, 0.15) is 5.75 Å². The molecule has 0 atom stereocenters. The third-order valence-electron chi connectivity index (χ3n) is 5.42. The van der Waals surface area contributed by atoms with Crippen molar-refractivity contribution in [2.75, 3.05) is 12.4 Å². The van der Waals surface area contributed by atoms with Crippen LogP contribution in [0.25, 0.3) is 0 Å². The molecule has 29 heavy (non-hydrogen) atoms. The van der Waals surface area contributed by atoms with Gasteiger partial charge in [0.15, 0.2) is 9.84 Å². The molecule has 0 fully saturated rings. The standard InChI is InChI=1S/C25H44O3S/c1-3-5-6-7-8-9-10-11-12-13-14-15-16-17-22-28-24-18-20-25(21-19-24)29(26,27)23-4-2/h18-21H,3-17,22-23H2,1-2H3. The first-order valence-corrected chi connectivity index (χ1v) is 13.7. The van der Waals surface area contributed by atoms with Gasteiger partial charge in [0.2, 0.25) is 0 Å². The van der Waals surface area contributed by atoms with Crippen molar-refractivity contribution in [3.05, 3.63) is 24.3 Å². The molecular formula is C25H44O3S. The van der Waals surface area contributed by atoms with E-state index in [0.717, 1.165) is 12.2 Å². The molecule has 0 amide bonds. The van der Waals surface area contributed by atoms with Crippen LogP contribution in [0.3, 0.4) is 0 Å². The Balaban J connectivity index is 1.95. The maximum absolute atomic E-state index is 12.0. The van der Waals surface area contributed by atoms with Gasteiger partial charge in [0.05, 0.1) is 17.3 Å². The average molecular weight is 425 g/mol. The molecule has 0 aliphatic heterocycles. The fourth-order valence-electron chi connectivity index (χ4n) is 3.62. The molecule has 0 saturated carbocycles. The predicted molar refractivity (Wildman–Crippen MR) is 125 cm³/mol.